The third kappa shape index (κ3) is 4.94. The van der Waals surface area contributed by atoms with Crippen LogP contribution >= 0.6 is 0 Å². The van der Waals surface area contributed by atoms with Crippen molar-refractivity contribution in [1.29, 1.82) is 0 Å². The first kappa shape index (κ1) is 20.4. The highest BCUT2D eigenvalue weighted by molar-refractivity contribution is 5.92. The molecule has 0 saturated carbocycles. The molecule has 9 nitrogen and oxygen atoms in total. The van der Waals surface area contributed by atoms with Crippen molar-refractivity contribution in [3.63, 3.8) is 0 Å². The molecule has 0 bridgehead atoms. The Bertz CT molecular complexity index is 981. The van der Waals surface area contributed by atoms with E-state index in [-0.39, 0.29) is 24.8 Å². The Labute approximate surface area is 168 Å². The van der Waals surface area contributed by atoms with Crippen LogP contribution in [0, 0.1) is 13.8 Å². The van der Waals surface area contributed by atoms with E-state index in [4.69, 9.17) is 9.26 Å². The van der Waals surface area contributed by atoms with Crippen molar-refractivity contribution in [2.24, 2.45) is 0 Å². The van der Waals surface area contributed by atoms with Crippen LogP contribution in [0.25, 0.3) is 11.3 Å². The highest BCUT2D eigenvalue weighted by atomic mass is 16.5. The molecule has 0 fully saturated rings. The molecule has 0 saturated heterocycles. The number of rotatable bonds is 7. The number of pyridine rings is 1. The third-order valence-corrected chi connectivity index (χ3v) is 4.25. The lowest BCUT2D eigenvalue weighted by Gasteiger charge is -2.22. The van der Waals surface area contributed by atoms with Crippen molar-refractivity contribution in [1.82, 2.24) is 25.7 Å². The summed E-state index contributed by atoms with van der Waals surface area (Å²) in [6.45, 7) is 7.12. The summed E-state index contributed by atoms with van der Waals surface area (Å²) in [4.78, 5) is 16.4. The molecule has 152 valence electrons. The first-order valence-electron chi connectivity index (χ1n) is 9.07. The number of aromatic nitrogens is 4. The lowest BCUT2D eigenvalue weighted by molar-refractivity contribution is 0.0863. The predicted octanol–water partition coefficient (Wildman–Crippen LogP) is 2.22. The van der Waals surface area contributed by atoms with Gasteiger partial charge in [-0.3, -0.25) is 9.78 Å². The molecule has 0 unspecified atom stereocenters. The Morgan fingerprint density at radius 2 is 2.00 bits per heavy atom. The summed E-state index contributed by atoms with van der Waals surface area (Å²) in [6, 6.07) is 6.89. The van der Waals surface area contributed by atoms with Gasteiger partial charge in [-0.15, -0.1) is 10.2 Å². The monoisotopic (exact) mass is 397 g/mol. The zero-order valence-electron chi connectivity index (χ0n) is 16.8. The summed E-state index contributed by atoms with van der Waals surface area (Å²) in [5.41, 5.74) is 2.56. The summed E-state index contributed by atoms with van der Waals surface area (Å²) in [7, 11) is 0. The lowest BCUT2D eigenvalue weighted by Crippen LogP contribution is -2.46. The fourth-order valence-electron chi connectivity index (χ4n) is 2.47. The quantitative estimate of drug-likeness (QED) is 0.622. The second-order valence-electron chi connectivity index (χ2n) is 7.30. The van der Waals surface area contributed by atoms with Crippen LogP contribution < -0.4 is 10.1 Å². The topological polar surface area (TPSA) is 123 Å². The number of aryl methyl sites for hydroxylation is 2. The molecule has 2 N–H and O–H groups in total. The number of aliphatic hydroxyl groups is 1. The van der Waals surface area contributed by atoms with Crippen molar-refractivity contribution in [2.75, 3.05) is 6.61 Å². The van der Waals surface area contributed by atoms with Crippen LogP contribution in [0.15, 0.2) is 35.0 Å². The van der Waals surface area contributed by atoms with E-state index in [0.29, 0.717) is 11.5 Å². The predicted molar refractivity (Wildman–Crippen MR) is 104 cm³/mol. The molecule has 3 aromatic rings. The van der Waals surface area contributed by atoms with E-state index in [0.717, 1.165) is 16.8 Å². The maximum atomic E-state index is 12.2. The summed E-state index contributed by atoms with van der Waals surface area (Å²) >= 11 is 0. The third-order valence-electron chi connectivity index (χ3n) is 4.25. The van der Waals surface area contributed by atoms with Crippen molar-refractivity contribution in [2.45, 2.75) is 39.8 Å². The van der Waals surface area contributed by atoms with Crippen molar-refractivity contribution < 1.29 is 19.2 Å². The van der Waals surface area contributed by atoms with Crippen LogP contribution in [0.2, 0.25) is 0 Å². The minimum atomic E-state index is -0.749. The number of carbonyl (C=O) groups excluding carboxylic acids is 1. The molecule has 0 spiro atoms. The van der Waals surface area contributed by atoms with Gasteiger partial charge in [0, 0.05) is 23.5 Å². The number of nitrogens with zero attached hydrogens (tertiary/aromatic N) is 4. The standard InChI is InChI=1S/C20H23N5O4/c1-12-5-6-14(9-21-12)18-15(13(2)29-25-18)10-28-17-8-7-16(23-24-17)19(27)22-20(3,4)11-26/h5-9,26H,10-11H2,1-4H3,(H,22,27). The van der Waals surface area contributed by atoms with Gasteiger partial charge in [0.25, 0.3) is 5.91 Å². The van der Waals surface area contributed by atoms with Crippen LogP contribution in [0.5, 0.6) is 5.88 Å². The van der Waals surface area contributed by atoms with Crippen LogP contribution in [-0.2, 0) is 6.61 Å². The zero-order chi connectivity index (χ0) is 21.0. The molecule has 9 heteroatoms. The average Bonchev–Trinajstić information content (AvgIpc) is 3.07. The zero-order valence-corrected chi connectivity index (χ0v) is 16.8. The van der Waals surface area contributed by atoms with Gasteiger partial charge in [-0.05, 0) is 45.9 Å². The van der Waals surface area contributed by atoms with Gasteiger partial charge in [0.2, 0.25) is 5.88 Å². The minimum Gasteiger partial charge on any atom is -0.472 e. The van der Waals surface area contributed by atoms with E-state index < -0.39 is 11.4 Å². The Balaban J connectivity index is 1.69. The van der Waals surface area contributed by atoms with Gasteiger partial charge in [-0.25, -0.2) is 0 Å². The summed E-state index contributed by atoms with van der Waals surface area (Å²) < 4.78 is 11.0. The number of nitrogens with one attached hydrogen (secondary N) is 1. The Morgan fingerprint density at radius 1 is 1.21 bits per heavy atom. The summed E-state index contributed by atoms with van der Waals surface area (Å²) in [5.74, 6) is 0.472. The smallest absolute Gasteiger partial charge is 0.272 e. The van der Waals surface area contributed by atoms with Gasteiger partial charge in [-0.2, -0.15) is 0 Å². The maximum absolute atomic E-state index is 12.2. The van der Waals surface area contributed by atoms with E-state index in [1.54, 1.807) is 33.0 Å². The van der Waals surface area contributed by atoms with Crippen LogP contribution in [0.1, 0.15) is 41.4 Å². The van der Waals surface area contributed by atoms with Crippen molar-refractivity contribution in [3.8, 4) is 17.1 Å². The number of hydrogen-bond acceptors (Lipinski definition) is 8. The molecule has 0 aliphatic rings. The Hall–Kier alpha value is -3.33. The summed E-state index contributed by atoms with van der Waals surface area (Å²) in [5, 5.41) is 23.9. The second-order valence-corrected chi connectivity index (χ2v) is 7.30. The molecule has 3 aromatic heterocycles. The largest absolute Gasteiger partial charge is 0.472 e. The molecule has 29 heavy (non-hydrogen) atoms. The van der Waals surface area contributed by atoms with E-state index in [1.165, 1.54) is 6.07 Å². The van der Waals surface area contributed by atoms with Crippen molar-refractivity contribution >= 4 is 5.91 Å². The van der Waals surface area contributed by atoms with Gasteiger partial charge in [0.15, 0.2) is 5.69 Å². The molecule has 0 radical (unpaired) electrons. The van der Waals surface area contributed by atoms with E-state index in [9.17, 15) is 9.90 Å². The Kier molecular flexibility index (Phi) is 5.88. The van der Waals surface area contributed by atoms with E-state index >= 15 is 0 Å². The minimum absolute atomic E-state index is 0.131. The fourth-order valence-corrected chi connectivity index (χ4v) is 2.47. The van der Waals surface area contributed by atoms with Gasteiger partial charge in [0.05, 0.1) is 17.7 Å². The number of ether oxygens (including phenoxy) is 1. The molecule has 0 aliphatic carbocycles. The van der Waals surface area contributed by atoms with Crippen LogP contribution in [-0.4, -0.2) is 43.5 Å². The number of carbonyl (C=O) groups is 1. The molecule has 3 heterocycles. The van der Waals surface area contributed by atoms with Gasteiger partial charge >= 0.3 is 0 Å². The SMILES string of the molecule is Cc1ccc(-c2noc(C)c2COc2ccc(C(=O)NC(C)(C)CO)nn2)cn1. The number of hydrogen-bond donors (Lipinski definition) is 2. The lowest BCUT2D eigenvalue weighted by atomic mass is 10.1. The number of amides is 1. The summed E-state index contributed by atoms with van der Waals surface area (Å²) in [6.07, 6.45) is 1.73. The Morgan fingerprint density at radius 3 is 2.62 bits per heavy atom. The maximum Gasteiger partial charge on any atom is 0.272 e. The molecule has 0 aliphatic heterocycles. The van der Waals surface area contributed by atoms with E-state index in [1.807, 2.05) is 19.1 Å². The number of aliphatic hydroxyl groups excluding tert-OH is 1. The molecule has 3 rings (SSSR count). The van der Waals surface area contributed by atoms with Gasteiger partial charge in [0.1, 0.15) is 18.1 Å². The molecular weight excluding hydrogens is 374 g/mol. The van der Waals surface area contributed by atoms with Crippen LogP contribution in [0.4, 0.5) is 0 Å². The first-order chi connectivity index (χ1) is 13.8. The normalized spacial score (nSPS) is 11.3. The second kappa shape index (κ2) is 8.36. The van der Waals surface area contributed by atoms with Gasteiger partial charge in [-0.1, -0.05) is 5.16 Å². The molecule has 1 amide bonds. The fraction of sp³-hybridized carbons (Fsp3) is 0.350. The highest BCUT2D eigenvalue weighted by Crippen LogP contribution is 2.26. The first-order valence-corrected chi connectivity index (χ1v) is 9.07. The average molecular weight is 397 g/mol. The van der Waals surface area contributed by atoms with Gasteiger partial charge < -0.3 is 19.7 Å². The highest BCUT2D eigenvalue weighted by Gasteiger charge is 2.21. The molecule has 0 atom stereocenters. The van der Waals surface area contributed by atoms with Crippen molar-refractivity contribution in [3.05, 3.63) is 53.2 Å². The van der Waals surface area contributed by atoms with Crippen LogP contribution in [0.3, 0.4) is 0 Å². The van der Waals surface area contributed by atoms with E-state index in [2.05, 4.69) is 25.7 Å². The molecular formula is C20H23N5O4. The molecule has 0 aromatic carbocycles.